The summed E-state index contributed by atoms with van der Waals surface area (Å²) in [5, 5.41) is 0. The lowest BCUT2D eigenvalue weighted by atomic mass is 10.4. The van der Waals surface area contributed by atoms with Crippen LogP contribution in [0.1, 0.15) is 6.92 Å². The third kappa shape index (κ3) is 1.84. The molecule has 0 aromatic carbocycles. The second-order valence-corrected chi connectivity index (χ2v) is 2.75. The summed E-state index contributed by atoms with van der Waals surface area (Å²) in [6, 6.07) is 0.229. The van der Waals surface area contributed by atoms with E-state index >= 15 is 0 Å². The van der Waals surface area contributed by atoms with Gasteiger partial charge in [0.2, 0.25) is 6.33 Å². The standard InChI is InChI=1S/C7H14N3/c1-7(8)5-10-4-3-9(2)6-10/h3-4,6-7H,5,8H2,1-2H3/q+1. The van der Waals surface area contributed by atoms with Gasteiger partial charge in [-0.2, -0.15) is 0 Å². The van der Waals surface area contributed by atoms with E-state index in [1.165, 1.54) is 0 Å². The maximum absolute atomic E-state index is 5.60. The third-order valence-electron chi connectivity index (χ3n) is 1.32. The van der Waals surface area contributed by atoms with Gasteiger partial charge >= 0.3 is 0 Å². The molecule has 3 nitrogen and oxygen atoms in total. The molecule has 1 rings (SSSR count). The van der Waals surface area contributed by atoms with E-state index in [0.29, 0.717) is 0 Å². The van der Waals surface area contributed by atoms with Crippen molar-refractivity contribution in [3.05, 3.63) is 18.7 Å². The van der Waals surface area contributed by atoms with Gasteiger partial charge in [0, 0.05) is 6.04 Å². The summed E-state index contributed by atoms with van der Waals surface area (Å²) in [6.07, 6.45) is 6.04. The topological polar surface area (TPSA) is 34.8 Å². The molecular weight excluding hydrogens is 126 g/mol. The Hall–Kier alpha value is -0.830. The average molecular weight is 140 g/mol. The molecule has 1 aromatic rings. The average Bonchev–Trinajstić information content (AvgIpc) is 2.13. The molecule has 1 heterocycles. The highest BCUT2D eigenvalue weighted by molar-refractivity contribution is 4.68. The summed E-state index contributed by atoms with van der Waals surface area (Å²) in [4.78, 5) is 0. The first-order valence-corrected chi connectivity index (χ1v) is 3.45. The fourth-order valence-electron chi connectivity index (χ4n) is 0.942. The van der Waals surface area contributed by atoms with Crippen LogP contribution in [-0.2, 0) is 13.6 Å². The molecule has 3 heteroatoms. The number of aryl methyl sites for hydroxylation is 1. The zero-order chi connectivity index (χ0) is 7.56. The molecule has 0 radical (unpaired) electrons. The molecule has 1 unspecified atom stereocenters. The first-order valence-electron chi connectivity index (χ1n) is 3.45. The highest BCUT2D eigenvalue weighted by Crippen LogP contribution is 1.85. The number of hydrogen-bond acceptors (Lipinski definition) is 1. The number of nitrogens with two attached hydrogens (primary N) is 1. The fraction of sp³-hybridized carbons (Fsp3) is 0.571. The maximum Gasteiger partial charge on any atom is 0.243 e. The lowest BCUT2D eigenvalue weighted by molar-refractivity contribution is -0.671. The normalized spacial score (nSPS) is 13.5. The van der Waals surface area contributed by atoms with Gasteiger partial charge in [0.1, 0.15) is 18.9 Å². The Balaban J connectivity index is 2.58. The molecule has 0 bridgehead atoms. The Morgan fingerprint density at radius 1 is 1.70 bits per heavy atom. The molecule has 0 saturated heterocycles. The van der Waals surface area contributed by atoms with E-state index < -0.39 is 0 Å². The van der Waals surface area contributed by atoms with Crippen molar-refractivity contribution < 1.29 is 4.57 Å². The van der Waals surface area contributed by atoms with Crippen LogP contribution < -0.4 is 10.3 Å². The highest BCUT2D eigenvalue weighted by Gasteiger charge is 2.01. The van der Waals surface area contributed by atoms with Crippen LogP contribution in [0.3, 0.4) is 0 Å². The summed E-state index contributed by atoms with van der Waals surface area (Å²) < 4.78 is 4.08. The van der Waals surface area contributed by atoms with Gasteiger partial charge in [-0.3, -0.25) is 0 Å². The largest absolute Gasteiger partial charge is 0.325 e. The molecule has 1 atom stereocenters. The van der Waals surface area contributed by atoms with E-state index in [4.69, 9.17) is 5.73 Å². The van der Waals surface area contributed by atoms with Crippen LogP contribution in [-0.4, -0.2) is 10.6 Å². The molecule has 0 aliphatic carbocycles. The predicted molar refractivity (Wildman–Crippen MR) is 39.3 cm³/mol. The number of imidazole rings is 1. The highest BCUT2D eigenvalue weighted by atomic mass is 15.1. The summed E-state index contributed by atoms with van der Waals surface area (Å²) in [5.41, 5.74) is 5.60. The zero-order valence-electron chi connectivity index (χ0n) is 6.49. The summed E-state index contributed by atoms with van der Waals surface area (Å²) in [5.74, 6) is 0. The molecule has 2 N–H and O–H groups in total. The second kappa shape index (κ2) is 2.84. The monoisotopic (exact) mass is 140 g/mol. The van der Waals surface area contributed by atoms with Crippen molar-refractivity contribution in [1.29, 1.82) is 0 Å². The number of hydrogen-bond donors (Lipinski definition) is 1. The molecular formula is C7H14N3+. The van der Waals surface area contributed by atoms with Gasteiger partial charge < -0.3 is 5.73 Å². The molecule has 1 aromatic heterocycles. The Morgan fingerprint density at radius 2 is 2.40 bits per heavy atom. The second-order valence-electron chi connectivity index (χ2n) is 2.75. The number of nitrogens with zero attached hydrogens (tertiary/aromatic N) is 2. The quantitative estimate of drug-likeness (QED) is 0.560. The van der Waals surface area contributed by atoms with Crippen LogP contribution in [0.4, 0.5) is 0 Å². The Morgan fingerprint density at radius 3 is 2.80 bits per heavy atom. The van der Waals surface area contributed by atoms with Gasteiger partial charge in [-0.05, 0) is 6.92 Å². The lowest BCUT2D eigenvalue weighted by Crippen LogP contribution is -2.26. The van der Waals surface area contributed by atoms with E-state index in [2.05, 4.69) is 4.57 Å². The van der Waals surface area contributed by atoms with Crippen LogP contribution >= 0.6 is 0 Å². The van der Waals surface area contributed by atoms with E-state index in [9.17, 15) is 0 Å². The zero-order valence-corrected chi connectivity index (χ0v) is 6.49. The van der Waals surface area contributed by atoms with E-state index in [-0.39, 0.29) is 6.04 Å². The van der Waals surface area contributed by atoms with Gasteiger partial charge in [-0.15, -0.1) is 0 Å². The molecule has 0 fully saturated rings. The van der Waals surface area contributed by atoms with Crippen LogP contribution in [0.2, 0.25) is 0 Å². The van der Waals surface area contributed by atoms with Crippen molar-refractivity contribution in [1.82, 2.24) is 4.57 Å². The van der Waals surface area contributed by atoms with Crippen LogP contribution in [0.5, 0.6) is 0 Å². The summed E-state index contributed by atoms with van der Waals surface area (Å²) in [6.45, 7) is 2.89. The molecule has 10 heavy (non-hydrogen) atoms. The first kappa shape index (κ1) is 7.28. The van der Waals surface area contributed by atoms with Gasteiger partial charge in [-0.25, -0.2) is 9.13 Å². The SMILES string of the molecule is CC(N)Cn1cc[n+](C)c1. The Labute approximate surface area is 61.1 Å². The molecule has 0 spiro atoms. The minimum absolute atomic E-state index is 0.229. The smallest absolute Gasteiger partial charge is 0.243 e. The lowest BCUT2D eigenvalue weighted by Gasteiger charge is -1.98. The Kier molecular flexibility index (Phi) is 2.06. The van der Waals surface area contributed by atoms with Crippen molar-refractivity contribution in [2.24, 2.45) is 12.8 Å². The third-order valence-corrected chi connectivity index (χ3v) is 1.32. The van der Waals surface area contributed by atoms with Gasteiger partial charge in [-0.1, -0.05) is 0 Å². The molecule has 0 aliphatic heterocycles. The predicted octanol–water partition coefficient (Wildman–Crippen LogP) is -0.340. The Bertz CT molecular complexity index is 202. The van der Waals surface area contributed by atoms with Crippen molar-refractivity contribution >= 4 is 0 Å². The molecule has 0 aliphatic rings. The van der Waals surface area contributed by atoms with Crippen molar-refractivity contribution in [3.8, 4) is 0 Å². The fourth-order valence-corrected chi connectivity index (χ4v) is 0.942. The van der Waals surface area contributed by atoms with E-state index in [0.717, 1.165) is 6.54 Å². The van der Waals surface area contributed by atoms with Crippen LogP contribution in [0, 0.1) is 0 Å². The number of rotatable bonds is 2. The van der Waals surface area contributed by atoms with Crippen molar-refractivity contribution in [3.63, 3.8) is 0 Å². The van der Waals surface area contributed by atoms with Crippen LogP contribution in [0.15, 0.2) is 18.7 Å². The van der Waals surface area contributed by atoms with Gasteiger partial charge in [0.15, 0.2) is 0 Å². The molecule has 56 valence electrons. The first-order chi connectivity index (χ1) is 4.68. The number of aromatic nitrogens is 2. The summed E-state index contributed by atoms with van der Waals surface area (Å²) in [7, 11) is 2.00. The van der Waals surface area contributed by atoms with Gasteiger partial charge in [0.05, 0.1) is 7.05 Å². The summed E-state index contributed by atoms with van der Waals surface area (Å²) >= 11 is 0. The minimum atomic E-state index is 0.229. The maximum atomic E-state index is 5.60. The van der Waals surface area contributed by atoms with Crippen molar-refractivity contribution in [2.75, 3.05) is 0 Å². The van der Waals surface area contributed by atoms with E-state index in [1.54, 1.807) is 0 Å². The van der Waals surface area contributed by atoms with Gasteiger partial charge in [0.25, 0.3) is 0 Å². The molecule has 0 saturated carbocycles. The van der Waals surface area contributed by atoms with E-state index in [1.807, 2.05) is 37.3 Å². The van der Waals surface area contributed by atoms with Crippen molar-refractivity contribution in [2.45, 2.75) is 19.5 Å². The minimum Gasteiger partial charge on any atom is -0.325 e. The van der Waals surface area contributed by atoms with Crippen LogP contribution in [0.25, 0.3) is 0 Å². The molecule has 0 amide bonds.